The molecule has 2 nitrogen and oxygen atoms in total. The normalized spacial score (nSPS) is 13.1. The highest BCUT2D eigenvalue weighted by molar-refractivity contribution is 5.77. The van der Waals surface area contributed by atoms with Gasteiger partial charge in [-0.25, -0.2) is 0 Å². The maximum absolute atomic E-state index is 12.6. The summed E-state index contributed by atoms with van der Waals surface area (Å²) in [5.41, 5.74) is 1.04. The number of benzene rings is 1. The average Bonchev–Trinajstić information content (AvgIpc) is 2.80. The first kappa shape index (κ1) is 27.7. The first-order chi connectivity index (χ1) is 15.2. The molecule has 0 saturated carbocycles. The third kappa shape index (κ3) is 14.4. The lowest BCUT2D eigenvalue weighted by Gasteiger charge is -2.19. The Morgan fingerprint density at radius 1 is 0.710 bits per heavy atom. The quantitative estimate of drug-likeness (QED) is 0.152. The van der Waals surface area contributed by atoms with Crippen LogP contribution >= 0.6 is 0 Å². The number of unbranched alkanes of at least 4 members (excludes halogenated alkanes) is 12. The molecule has 0 saturated heterocycles. The summed E-state index contributed by atoms with van der Waals surface area (Å²) >= 11 is 0. The monoisotopic (exact) mass is 430 g/mol. The summed E-state index contributed by atoms with van der Waals surface area (Å²) in [6.07, 6.45) is 21.2. The van der Waals surface area contributed by atoms with Gasteiger partial charge in [-0.2, -0.15) is 0 Å². The molecule has 0 aliphatic rings. The Bertz CT molecular complexity index is 525. The van der Waals surface area contributed by atoms with Crippen molar-refractivity contribution < 1.29 is 9.53 Å². The summed E-state index contributed by atoms with van der Waals surface area (Å²) in [5.74, 6) is 0.271. The Kier molecular flexibility index (Phi) is 17.3. The number of hydrogen-bond donors (Lipinski definition) is 0. The van der Waals surface area contributed by atoms with Crippen LogP contribution < -0.4 is 0 Å². The molecule has 0 bridgehead atoms. The molecule has 2 unspecified atom stereocenters. The van der Waals surface area contributed by atoms with Crippen molar-refractivity contribution in [3.05, 3.63) is 35.9 Å². The zero-order valence-corrected chi connectivity index (χ0v) is 20.9. The number of carbonyl (C=O) groups excluding carboxylic acids is 1. The van der Waals surface area contributed by atoms with Gasteiger partial charge in [-0.05, 0) is 31.2 Å². The molecule has 31 heavy (non-hydrogen) atoms. The largest absolute Gasteiger partial charge is 0.465 e. The van der Waals surface area contributed by atoms with E-state index in [1.165, 1.54) is 103 Å². The average molecular weight is 431 g/mol. The Balaban J connectivity index is 2.34. The highest BCUT2D eigenvalue weighted by Gasteiger charge is 2.18. The van der Waals surface area contributed by atoms with Gasteiger partial charge < -0.3 is 4.74 Å². The van der Waals surface area contributed by atoms with Crippen molar-refractivity contribution >= 4 is 5.97 Å². The standard InChI is InChI=1S/C29H50O2/c1-4-6-8-10-12-13-15-18-22-27(21-17-14-11-9-7-5-2)25-31-29(30)26(3)28-23-19-16-20-24-28/h16,19-20,23-24,26-27H,4-15,17-18,21-22,25H2,1-3H3. The van der Waals surface area contributed by atoms with Gasteiger partial charge >= 0.3 is 5.97 Å². The van der Waals surface area contributed by atoms with Gasteiger partial charge in [-0.15, -0.1) is 0 Å². The zero-order chi connectivity index (χ0) is 22.6. The Labute approximate surface area is 193 Å². The smallest absolute Gasteiger partial charge is 0.313 e. The number of hydrogen-bond acceptors (Lipinski definition) is 2. The summed E-state index contributed by atoms with van der Waals surface area (Å²) in [5, 5.41) is 0. The first-order valence-electron chi connectivity index (χ1n) is 13.4. The van der Waals surface area contributed by atoms with E-state index in [0.29, 0.717) is 12.5 Å². The summed E-state index contributed by atoms with van der Waals surface area (Å²) in [7, 11) is 0. The van der Waals surface area contributed by atoms with E-state index in [-0.39, 0.29) is 11.9 Å². The second kappa shape index (κ2) is 19.4. The minimum Gasteiger partial charge on any atom is -0.465 e. The molecule has 0 aromatic heterocycles. The van der Waals surface area contributed by atoms with Crippen molar-refractivity contribution in [2.45, 2.75) is 129 Å². The second-order valence-corrected chi connectivity index (χ2v) is 9.45. The maximum Gasteiger partial charge on any atom is 0.313 e. The lowest BCUT2D eigenvalue weighted by Crippen LogP contribution is -2.18. The topological polar surface area (TPSA) is 26.3 Å². The van der Waals surface area contributed by atoms with E-state index in [4.69, 9.17) is 4.74 Å². The molecule has 1 aromatic carbocycles. The van der Waals surface area contributed by atoms with E-state index >= 15 is 0 Å². The van der Waals surface area contributed by atoms with E-state index < -0.39 is 0 Å². The predicted octanol–water partition coefficient (Wildman–Crippen LogP) is 9.23. The number of rotatable bonds is 20. The molecule has 0 radical (unpaired) electrons. The second-order valence-electron chi connectivity index (χ2n) is 9.45. The molecule has 0 fully saturated rings. The maximum atomic E-state index is 12.6. The van der Waals surface area contributed by atoms with Gasteiger partial charge in [0.1, 0.15) is 0 Å². The van der Waals surface area contributed by atoms with Crippen LogP contribution in [0.2, 0.25) is 0 Å². The van der Waals surface area contributed by atoms with Crippen LogP contribution in [0.25, 0.3) is 0 Å². The molecule has 1 rings (SSSR count). The van der Waals surface area contributed by atoms with Crippen LogP contribution in [-0.4, -0.2) is 12.6 Å². The molecule has 0 N–H and O–H groups in total. The molecule has 2 heteroatoms. The molecule has 1 aromatic rings. The minimum atomic E-state index is -0.181. The van der Waals surface area contributed by atoms with E-state index in [1.807, 2.05) is 37.3 Å². The van der Waals surface area contributed by atoms with Gasteiger partial charge in [0.25, 0.3) is 0 Å². The minimum absolute atomic E-state index is 0.0740. The number of esters is 1. The fourth-order valence-corrected chi connectivity index (χ4v) is 4.29. The lowest BCUT2D eigenvalue weighted by molar-refractivity contribution is -0.146. The van der Waals surface area contributed by atoms with Crippen LogP contribution in [0.15, 0.2) is 30.3 Å². The van der Waals surface area contributed by atoms with Crippen LogP contribution in [-0.2, 0) is 9.53 Å². The zero-order valence-electron chi connectivity index (χ0n) is 20.9. The summed E-state index contributed by atoms with van der Waals surface area (Å²) < 4.78 is 5.80. The molecular weight excluding hydrogens is 380 g/mol. The Hall–Kier alpha value is -1.31. The third-order valence-corrected chi connectivity index (χ3v) is 6.55. The van der Waals surface area contributed by atoms with Gasteiger partial charge in [0.05, 0.1) is 12.5 Å². The summed E-state index contributed by atoms with van der Waals surface area (Å²) in [6, 6.07) is 9.99. The molecular formula is C29H50O2. The third-order valence-electron chi connectivity index (χ3n) is 6.55. The SMILES string of the molecule is CCCCCCCCCCC(CCCCCCCC)COC(=O)C(C)c1ccccc1. The van der Waals surface area contributed by atoms with E-state index in [2.05, 4.69) is 13.8 Å². The van der Waals surface area contributed by atoms with Crippen molar-refractivity contribution in [1.29, 1.82) is 0 Å². The van der Waals surface area contributed by atoms with Gasteiger partial charge in [-0.3, -0.25) is 4.79 Å². The van der Waals surface area contributed by atoms with Gasteiger partial charge in [-0.1, -0.05) is 134 Å². The fourth-order valence-electron chi connectivity index (χ4n) is 4.29. The van der Waals surface area contributed by atoms with Crippen molar-refractivity contribution in [3.63, 3.8) is 0 Å². The molecule has 178 valence electrons. The van der Waals surface area contributed by atoms with Crippen LogP contribution in [0.5, 0.6) is 0 Å². The highest BCUT2D eigenvalue weighted by Crippen LogP contribution is 2.22. The van der Waals surface area contributed by atoms with Crippen LogP contribution in [0.3, 0.4) is 0 Å². The van der Waals surface area contributed by atoms with Gasteiger partial charge in [0, 0.05) is 0 Å². The Morgan fingerprint density at radius 2 is 1.16 bits per heavy atom. The van der Waals surface area contributed by atoms with Crippen molar-refractivity contribution in [1.82, 2.24) is 0 Å². The number of carbonyl (C=O) groups is 1. The molecule has 2 atom stereocenters. The Morgan fingerprint density at radius 3 is 1.65 bits per heavy atom. The predicted molar refractivity (Wildman–Crippen MR) is 135 cm³/mol. The summed E-state index contributed by atoms with van der Waals surface area (Å²) in [6.45, 7) is 7.10. The van der Waals surface area contributed by atoms with Crippen molar-refractivity contribution in [2.75, 3.05) is 6.61 Å². The van der Waals surface area contributed by atoms with E-state index in [0.717, 1.165) is 5.56 Å². The van der Waals surface area contributed by atoms with Gasteiger partial charge in [0.2, 0.25) is 0 Å². The van der Waals surface area contributed by atoms with E-state index in [9.17, 15) is 4.79 Å². The molecule has 0 heterocycles. The van der Waals surface area contributed by atoms with Crippen LogP contribution in [0.1, 0.15) is 135 Å². The molecule has 0 aliphatic carbocycles. The highest BCUT2D eigenvalue weighted by atomic mass is 16.5. The summed E-state index contributed by atoms with van der Waals surface area (Å²) in [4.78, 5) is 12.6. The van der Waals surface area contributed by atoms with Crippen molar-refractivity contribution in [3.8, 4) is 0 Å². The van der Waals surface area contributed by atoms with Crippen LogP contribution in [0, 0.1) is 5.92 Å². The molecule has 0 aliphatic heterocycles. The molecule has 0 spiro atoms. The van der Waals surface area contributed by atoms with Gasteiger partial charge in [0.15, 0.2) is 0 Å². The fraction of sp³-hybridized carbons (Fsp3) is 0.759. The lowest BCUT2D eigenvalue weighted by atomic mass is 9.94. The number of ether oxygens (including phenoxy) is 1. The van der Waals surface area contributed by atoms with E-state index in [1.54, 1.807) is 0 Å². The molecule has 0 amide bonds. The van der Waals surface area contributed by atoms with Crippen LogP contribution in [0.4, 0.5) is 0 Å². The van der Waals surface area contributed by atoms with Crippen molar-refractivity contribution in [2.24, 2.45) is 5.92 Å². The first-order valence-corrected chi connectivity index (χ1v) is 13.4.